The van der Waals surface area contributed by atoms with Gasteiger partial charge in [-0.05, 0) is 48.7 Å². The number of hydrogen-bond donors (Lipinski definition) is 1. The zero-order chi connectivity index (χ0) is 15.1. The van der Waals surface area contributed by atoms with Crippen LogP contribution in [0.2, 0.25) is 0 Å². The number of halogens is 2. The maximum absolute atomic E-state index is 13.0. The summed E-state index contributed by atoms with van der Waals surface area (Å²) in [6.45, 7) is 3.32. The third-order valence-corrected chi connectivity index (χ3v) is 3.17. The maximum Gasteiger partial charge on any atom is 0.160 e. The molecule has 0 spiro atoms. The number of anilines is 1. The number of hydrogen-bond acceptors (Lipinski definition) is 2. The molecule has 2 rings (SSSR count). The minimum absolute atomic E-state index is 0.571. The van der Waals surface area contributed by atoms with Gasteiger partial charge in [0.25, 0.3) is 0 Å². The minimum atomic E-state index is -0.840. The Morgan fingerprint density at radius 1 is 1.00 bits per heavy atom. The minimum Gasteiger partial charge on any atom is -0.494 e. The summed E-state index contributed by atoms with van der Waals surface area (Å²) in [4.78, 5) is 0. The van der Waals surface area contributed by atoms with Gasteiger partial charge in [0, 0.05) is 12.2 Å². The summed E-state index contributed by atoms with van der Waals surface area (Å²) in [7, 11) is 0. The zero-order valence-corrected chi connectivity index (χ0v) is 12.0. The van der Waals surface area contributed by atoms with Crippen LogP contribution < -0.4 is 10.1 Å². The van der Waals surface area contributed by atoms with Gasteiger partial charge in [0.1, 0.15) is 5.75 Å². The highest BCUT2D eigenvalue weighted by Gasteiger charge is 2.01. The van der Waals surface area contributed by atoms with E-state index in [0.717, 1.165) is 30.7 Å². The zero-order valence-electron chi connectivity index (χ0n) is 12.0. The van der Waals surface area contributed by atoms with Crippen molar-refractivity contribution in [2.24, 2.45) is 0 Å². The van der Waals surface area contributed by atoms with E-state index in [2.05, 4.69) is 24.4 Å². The quantitative estimate of drug-likeness (QED) is 0.763. The van der Waals surface area contributed by atoms with Crippen molar-refractivity contribution < 1.29 is 13.5 Å². The van der Waals surface area contributed by atoms with Crippen LogP contribution in [-0.2, 0) is 6.42 Å². The molecule has 0 aromatic heterocycles. The molecule has 2 nitrogen and oxygen atoms in total. The molecule has 0 heterocycles. The van der Waals surface area contributed by atoms with Crippen molar-refractivity contribution in [1.29, 1.82) is 0 Å². The van der Waals surface area contributed by atoms with Gasteiger partial charge in [0.15, 0.2) is 11.6 Å². The van der Waals surface area contributed by atoms with Crippen molar-refractivity contribution in [2.45, 2.75) is 19.8 Å². The Bertz CT molecular complexity index is 570. The van der Waals surface area contributed by atoms with Crippen LogP contribution >= 0.6 is 0 Å². The second-order valence-corrected chi connectivity index (χ2v) is 4.76. The fraction of sp³-hybridized carbons (Fsp3) is 0.294. The number of aryl methyl sites for hydroxylation is 1. The van der Waals surface area contributed by atoms with Gasteiger partial charge >= 0.3 is 0 Å². The van der Waals surface area contributed by atoms with Crippen LogP contribution in [0.15, 0.2) is 42.5 Å². The second-order valence-electron chi connectivity index (χ2n) is 4.76. The highest BCUT2D eigenvalue weighted by Crippen LogP contribution is 2.14. The van der Waals surface area contributed by atoms with E-state index in [9.17, 15) is 8.78 Å². The normalized spacial score (nSPS) is 10.4. The fourth-order valence-electron chi connectivity index (χ4n) is 1.92. The van der Waals surface area contributed by atoms with Crippen LogP contribution in [0.5, 0.6) is 5.75 Å². The Morgan fingerprint density at radius 3 is 2.43 bits per heavy atom. The topological polar surface area (TPSA) is 21.3 Å². The molecule has 0 fully saturated rings. The molecule has 112 valence electrons. The van der Waals surface area contributed by atoms with Crippen molar-refractivity contribution in [3.63, 3.8) is 0 Å². The van der Waals surface area contributed by atoms with E-state index in [1.165, 1.54) is 11.6 Å². The van der Waals surface area contributed by atoms with E-state index in [-0.39, 0.29) is 0 Å². The van der Waals surface area contributed by atoms with Crippen molar-refractivity contribution in [3.8, 4) is 5.75 Å². The average molecular weight is 291 g/mol. The lowest BCUT2D eigenvalue weighted by Crippen LogP contribution is -2.07. The van der Waals surface area contributed by atoms with Crippen LogP contribution in [0.25, 0.3) is 0 Å². The van der Waals surface area contributed by atoms with Gasteiger partial charge in [-0.2, -0.15) is 0 Å². The lowest BCUT2D eigenvalue weighted by atomic mass is 10.2. The van der Waals surface area contributed by atoms with Gasteiger partial charge in [-0.3, -0.25) is 0 Å². The van der Waals surface area contributed by atoms with Gasteiger partial charge in [0.2, 0.25) is 0 Å². The largest absolute Gasteiger partial charge is 0.494 e. The van der Waals surface area contributed by atoms with Gasteiger partial charge in [0.05, 0.1) is 6.61 Å². The molecule has 2 aromatic carbocycles. The third kappa shape index (κ3) is 4.74. The van der Waals surface area contributed by atoms with E-state index in [1.54, 1.807) is 0 Å². The summed E-state index contributed by atoms with van der Waals surface area (Å²) in [5, 5.41) is 3.03. The Labute approximate surface area is 123 Å². The van der Waals surface area contributed by atoms with Crippen molar-refractivity contribution in [2.75, 3.05) is 18.5 Å². The summed E-state index contributed by atoms with van der Waals surface area (Å²) in [5.41, 5.74) is 1.85. The predicted molar refractivity (Wildman–Crippen MR) is 80.8 cm³/mol. The van der Waals surface area contributed by atoms with Gasteiger partial charge in [-0.1, -0.05) is 19.1 Å². The van der Waals surface area contributed by atoms with Crippen LogP contribution in [-0.4, -0.2) is 13.2 Å². The molecule has 0 saturated heterocycles. The Morgan fingerprint density at radius 2 is 1.76 bits per heavy atom. The van der Waals surface area contributed by atoms with Crippen LogP contribution in [0.1, 0.15) is 18.9 Å². The molecule has 0 amide bonds. The molecule has 0 aliphatic carbocycles. The first kappa shape index (κ1) is 15.3. The lowest BCUT2D eigenvalue weighted by molar-refractivity contribution is 0.315. The molecule has 0 atom stereocenters. The van der Waals surface area contributed by atoms with Crippen molar-refractivity contribution in [1.82, 2.24) is 0 Å². The first-order valence-electron chi connectivity index (χ1n) is 7.09. The van der Waals surface area contributed by atoms with Gasteiger partial charge < -0.3 is 10.1 Å². The van der Waals surface area contributed by atoms with E-state index >= 15 is 0 Å². The van der Waals surface area contributed by atoms with E-state index in [0.29, 0.717) is 18.8 Å². The summed E-state index contributed by atoms with van der Waals surface area (Å²) in [6.07, 6.45) is 1.78. The monoisotopic (exact) mass is 291 g/mol. The van der Waals surface area contributed by atoms with Gasteiger partial charge in [-0.15, -0.1) is 0 Å². The molecule has 1 N–H and O–H groups in total. The predicted octanol–water partition coefficient (Wildman–Crippen LogP) is 4.41. The third-order valence-electron chi connectivity index (χ3n) is 3.17. The first-order chi connectivity index (χ1) is 10.2. The van der Waals surface area contributed by atoms with Crippen LogP contribution in [0.4, 0.5) is 14.5 Å². The van der Waals surface area contributed by atoms with E-state index in [1.807, 2.05) is 12.1 Å². The number of benzene rings is 2. The van der Waals surface area contributed by atoms with Crippen LogP contribution in [0.3, 0.4) is 0 Å². The Kier molecular flexibility index (Phi) is 5.55. The summed E-state index contributed by atoms with van der Waals surface area (Å²) >= 11 is 0. The molecule has 0 aliphatic heterocycles. The molecule has 0 saturated carbocycles. The Balaban J connectivity index is 1.68. The number of ether oxygens (including phenoxy) is 1. The molecule has 0 unspecified atom stereocenters. The second kappa shape index (κ2) is 7.62. The summed E-state index contributed by atoms with van der Waals surface area (Å²) < 4.78 is 31.4. The molecule has 2 aromatic rings. The number of rotatable bonds is 7. The highest BCUT2D eigenvalue weighted by molar-refractivity contribution is 5.43. The summed E-state index contributed by atoms with van der Waals surface area (Å²) in [6, 6.07) is 11.8. The average Bonchev–Trinajstić information content (AvgIpc) is 2.51. The molecule has 0 radical (unpaired) electrons. The SMILES string of the molecule is CCc1ccc(OCCCNc2ccc(F)c(F)c2)cc1. The van der Waals surface area contributed by atoms with Crippen molar-refractivity contribution >= 4 is 5.69 Å². The fourth-order valence-corrected chi connectivity index (χ4v) is 1.92. The molecular weight excluding hydrogens is 272 g/mol. The maximum atomic E-state index is 13.0. The Hall–Kier alpha value is -2.10. The summed E-state index contributed by atoms with van der Waals surface area (Å²) in [5.74, 6) is -0.827. The van der Waals surface area contributed by atoms with Crippen molar-refractivity contribution in [3.05, 3.63) is 59.7 Å². The molecule has 0 aliphatic rings. The highest BCUT2D eigenvalue weighted by atomic mass is 19.2. The standard InChI is InChI=1S/C17H19F2NO/c1-2-13-4-7-15(8-5-13)21-11-3-10-20-14-6-9-16(18)17(19)12-14/h4-9,12,20H,2-3,10-11H2,1H3. The van der Waals surface area contributed by atoms with Gasteiger partial charge in [-0.25, -0.2) is 8.78 Å². The van der Waals surface area contributed by atoms with Crippen LogP contribution in [0, 0.1) is 11.6 Å². The van der Waals surface area contributed by atoms with E-state index in [4.69, 9.17) is 4.74 Å². The molecule has 21 heavy (non-hydrogen) atoms. The molecular formula is C17H19F2NO. The van der Waals surface area contributed by atoms with E-state index < -0.39 is 11.6 Å². The lowest BCUT2D eigenvalue weighted by Gasteiger charge is -2.09. The molecule has 0 bridgehead atoms. The molecule has 4 heteroatoms. The number of nitrogens with one attached hydrogen (secondary N) is 1. The first-order valence-corrected chi connectivity index (χ1v) is 7.09. The smallest absolute Gasteiger partial charge is 0.160 e.